The highest BCUT2D eigenvalue weighted by Gasteiger charge is 2.26. The van der Waals surface area contributed by atoms with Gasteiger partial charge in [0.25, 0.3) is 0 Å². The summed E-state index contributed by atoms with van der Waals surface area (Å²) in [6, 6.07) is 24.5. The Hall–Kier alpha value is -6.14. The maximum Gasteiger partial charge on any atom is 0.208 e. The first-order valence-electron chi connectivity index (χ1n) is 17.6. The largest absolute Gasteiger partial charge is 0.504 e. The van der Waals surface area contributed by atoms with Gasteiger partial charge in [-0.2, -0.15) is 0 Å². The fourth-order valence-electron chi connectivity index (χ4n) is 6.92. The topological polar surface area (TPSA) is 114 Å². The number of benzene rings is 4. The molecule has 4 aromatic carbocycles. The van der Waals surface area contributed by atoms with E-state index in [1.165, 1.54) is 22.3 Å². The van der Waals surface area contributed by atoms with Gasteiger partial charge < -0.3 is 29.9 Å². The number of para-hydroxylation sites is 1. The Bertz CT molecular complexity index is 2510. The lowest BCUT2D eigenvalue weighted by Crippen LogP contribution is -2.33. The summed E-state index contributed by atoms with van der Waals surface area (Å²) in [6.07, 6.45) is 16.4. The third-order valence-electron chi connectivity index (χ3n) is 9.79. The smallest absolute Gasteiger partial charge is 0.208 e. The van der Waals surface area contributed by atoms with E-state index in [1.807, 2.05) is 55.5 Å². The number of fused-ring (bicyclic) bond motifs is 2. The molecule has 1 aliphatic carbocycles. The van der Waals surface area contributed by atoms with Gasteiger partial charge in [0.15, 0.2) is 11.5 Å². The van der Waals surface area contributed by atoms with E-state index in [0.717, 1.165) is 38.6 Å². The molecule has 0 aliphatic heterocycles. The minimum absolute atomic E-state index is 0.110. The monoisotopic (exact) mass is 692 g/mol. The normalized spacial score (nSPS) is 18.3. The van der Waals surface area contributed by atoms with Crippen LogP contribution in [0.15, 0.2) is 119 Å². The van der Waals surface area contributed by atoms with E-state index in [0.29, 0.717) is 29.4 Å². The molecule has 0 spiro atoms. The molecule has 1 heterocycles. The van der Waals surface area contributed by atoms with Gasteiger partial charge >= 0.3 is 0 Å². The number of furan rings is 1. The van der Waals surface area contributed by atoms with E-state index in [9.17, 15) is 25.5 Å². The number of aryl methyl sites for hydroxylation is 1. The van der Waals surface area contributed by atoms with E-state index < -0.39 is 28.7 Å². The van der Waals surface area contributed by atoms with Gasteiger partial charge in [-0.3, -0.25) is 0 Å². The van der Waals surface area contributed by atoms with Crippen molar-refractivity contribution in [3.05, 3.63) is 153 Å². The standard InChI is InChI=1S/C46H44O6/c1-5-30(26-23-29(4)31-24-21-28(3)22-25-31)32-15-9-7-8-10-16-35(34-18-12-11-17-33(32)34)37(27-38-42(47)44(49)46(51)45(50)43(38)48)41-36-19-13-14-20-40(36)52-39(41)6-2/h6-14,17-26,47-51H,5,15-16,27H2,1-4H3/b9-7-,10-8-,29-23+,30-26+,33-32+,35-34+,39-6+,41-37+. The number of allylic oxidation sites excluding steroid dienone is 8. The summed E-state index contributed by atoms with van der Waals surface area (Å²) in [7, 11) is 0. The van der Waals surface area contributed by atoms with E-state index in [4.69, 9.17) is 4.42 Å². The van der Waals surface area contributed by atoms with Crippen molar-refractivity contribution in [2.75, 3.05) is 0 Å². The van der Waals surface area contributed by atoms with Gasteiger partial charge in [-0.25, -0.2) is 0 Å². The Morgan fingerprint density at radius 3 is 1.92 bits per heavy atom. The molecule has 0 fully saturated rings. The maximum atomic E-state index is 11.1. The van der Waals surface area contributed by atoms with Crippen LogP contribution in [0.25, 0.3) is 39.3 Å². The molecule has 0 bridgehead atoms. The number of hydrogen-bond donors (Lipinski definition) is 5. The van der Waals surface area contributed by atoms with E-state index >= 15 is 0 Å². The van der Waals surface area contributed by atoms with Crippen LogP contribution in [0, 0.1) is 6.92 Å². The number of aromatic hydroxyl groups is 5. The minimum atomic E-state index is -0.993. The first-order chi connectivity index (χ1) is 25.1. The van der Waals surface area contributed by atoms with Crippen LogP contribution in [0.3, 0.4) is 0 Å². The lowest BCUT2D eigenvalue weighted by molar-refractivity contribution is 0.325. The van der Waals surface area contributed by atoms with Gasteiger partial charge in [-0.1, -0.05) is 116 Å². The van der Waals surface area contributed by atoms with Crippen LogP contribution in [0.2, 0.25) is 0 Å². The quantitative estimate of drug-likeness (QED) is 0.0676. The van der Waals surface area contributed by atoms with Gasteiger partial charge in [0.05, 0.1) is 0 Å². The molecule has 0 amide bonds. The molecule has 6 rings (SSSR count). The highest BCUT2D eigenvalue weighted by atomic mass is 16.4. The molecule has 0 saturated heterocycles. The SMILES string of the molecule is C/C=c1/oc2ccccc2/c1=C(Cc1c(O)c(O)c(O)c(O)c1O)\C1=c2/cccc/c2=C(\C(=C\C=C(/C)c2ccc(C)cc2)CC)C/C=C\C=C/C1. The van der Waals surface area contributed by atoms with Gasteiger partial charge in [0, 0.05) is 22.6 Å². The molecule has 0 atom stereocenters. The summed E-state index contributed by atoms with van der Waals surface area (Å²) in [5.41, 5.74) is 8.66. The van der Waals surface area contributed by atoms with Gasteiger partial charge in [0.2, 0.25) is 17.2 Å². The minimum Gasteiger partial charge on any atom is -0.504 e. The molecule has 1 aliphatic rings. The first-order valence-corrected chi connectivity index (χ1v) is 17.6. The third kappa shape index (κ3) is 6.93. The highest BCUT2D eigenvalue weighted by molar-refractivity contribution is 5.95. The number of rotatable bonds is 7. The summed E-state index contributed by atoms with van der Waals surface area (Å²) in [5.74, 6) is -4.24. The summed E-state index contributed by atoms with van der Waals surface area (Å²) >= 11 is 0. The van der Waals surface area contributed by atoms with E-state index in [-0.39, 0.29) is 12.0 Å². The Balaban J connectivity index is 1.75. The van der Waals surface area contributed by atoms with Crippen LogP contribution in [-0.2, 0) is 6.42 Å². The Kier molecular flexibility index (Phi) is 10.6. The lowest BCUT2D eigenvalue weighted by Gasteiger charge is -2.17. The molecule has 6 nitrogen and oxygen atoms in total. The van der Waals surface area contributed by atoms with Crippen molar-refractivity contribution in [1.82, 2.24) is 0 Å². The molecule has 52 heavy (non-hydrogen) atoms. The molecule has 0 saturated carbocycles. The zero-order chi connectivity index (χ0) is 36.9. The molecule has 0 radical (unpaired) electrons. The van der Waals surface area contributed by atoms with Crippen molar-refractivity contribution in [2.45, 2.75) is 53.4 Å². The van der Waals surface area contributed by atoms with Crippen molar-refractivity contribution in [3.63, 3.8) is 0 Å². The van der Waals surface area contributed by atoms with E-state index in [1.54, 1.807) is 0 Å². The predicted molar refractivity (Wildman–Crippen MR) is 211 cm³/mol. The molecule has 6 heteroatoms. The number of hydrogen-bond acceptors (Lipinski definition) is 6. The fraction of sp³-hybridized carbons (Fsp3) is 0.174. The summed E-state index contributed by atoms with van der Waals surface area (Å²) in [5, 5.41) is 57.2. The van der Waals surface area contributed by atoms with Gasteiger partial charge in [-0.05, 0) is 96.0 Å². The Morgan fingerprint density at radius 2 is 1.29 bits per heavy atom. The van der Waals surface area contributed by atoms with Crippen LogP contribution in [-0.4, -0.2) is 25.5 Å². The second-order valence-corrected chi connectivity index (χ2v) is 13.0. The van der Waals surface area contributed by atoms with Crippen molar-refractivity contribution in [2.24, 2.45) is 0 Å². The second kappa shape index (κ2) is 15.4. The second-order valence-electron chi connectivity index (χ2n) is 13.0. The first kappa shape index (κ1) is 35.7. The van der Waals surface area contributed by atoms with E-state index in [2.05, 4.69) is 87.5 Å². The van der Waals surface area contributed by atoms with Gasteiger partial charge in [-0.15, -0.1) is 0 Å². The van der Waals surface area contributed by atoms with Crippen molar-refractivity contribution >= 4 is 39.3 Å². The van der Waals surface area contributed by atoms with Crippen LogP contribution in [0.4, 0.5) is 0 Å². The summed E-state index contributed by atoms with van der Waals surface area (Å²) in [4.78, 5) is 0. The van der Waals surface area contributed by atoms with Crippen LogP contribution in [0.5, 0.6) is 28.7 Å². The maximum absolute atomic E-state index is 11.1. The summed E-state index contributed by atoms with van der Waals surface area (Å²) < 4.78 is 6.34. The average Bonchev–Trinajstić information content (AvgIpc) is 3.54. The van der Waals surface area contributed by atoms with Crippen molar-refractivity contribution in [3.8, 4) is 28.7 Å². The molecular formula is C46H44O6. The molecule has 5 N–H and O–H groups in total. The number of phenolic OH excluding ortho intramolecular Hbond substituents is 5. The average molecular weight is 693 g/mol. The molecule has 264 valence electrons. The van der Waals surface area contributed by atoms with Gasteiger partial charge in [0.1, 0.15) is 11.0 Å². The number of phenols is 5. The zero-order valence-electron chi connectivity index (χ0n) is 29.9. The van der Waals surface area contributed by atoms with Crippen LogP contribution >= 0.6 is 0 Å². The Morgan fingerprint density at radius 1 is 0.712 bits per heavy atom. The fourth-order valence-corrected chi connectivity index (χ4v) is 6.92. The third-order valence-corrected chi connectivity index (χ3v) is 9.79. The molecule has 1 aromatic heterocycles. The highest BCUT2D eigenvalue weighted by Crippen LogP contribution is 2.51. The molecule has 0 unspecified atom stereocenters. The van der Waals surface area contributed by atoms with Crippen molar-refractivity contribution in [1.29, 1.82) is 0 Å². The zero-order valence-corrected chi connectivity index (χ0v) is 29.9. The van der Waals surface area contributed by atoms with Crippen molar-refractivity contribution < 1.29 is 29.9 Å². The lowest BCUT2D eigenvalue weighted by atomic mass is 9.88. The van der Waals surface area contributed by atoms with Crippen LogP contribution < -0.4 is 21.1 Å². The summed E-state index contributed by atoms with van der Waals surface area (Å²) in [6.45, 7) is 8.26. The molecule has 5 aromatic rings. The molecular weight excluding hydrogens is 649 g/mol. The predicted octanol–water partition coefficient (Wildman–Crippen LogP) is 7.81. The van der Waals surface area contributed by atoms with Crippen LogP contribution in [0.1, 0.15) is 56.7 Å². The Labute approximate surface area is 303 Å².